The number of carboxylic acid groups (broad SMARTS) is 1. The van der Waals surface area contributed by atoms with Gasteiger partial charge in [-0.2, -0.15) is 0 Å². The van der Waals surface area contributed by atoms with Gasteiger partial charge in [-0.3, -0.25) is 0 Å². The number of amides is 1. The average molecular weight is 582 g/mol. The highest BCUT2D eigenvalue weighted by atomic mass is 32.1. The number of nitrogens with two attached hydrogens (primary N) is 1. The highest BCUT2D eigenvalue weighted by Gasteiger charge is 2.43. The summed E-state index contributed by atoms with van der Waals surface area (Å²) in [5.74, 6) is 0.0329. The maximum absolute atomic E-state index is 12.0. The van der Waals surface area contributed by atoms with Crippen LogP contribution in [0.15, 0.2) is 66.2 Å². The molecule has 0 saturated heterocycles. The summed E-state index contributed by atoms with van der Waals surface area (Å²) in [6.07, 6.45) is 1.44. The van der Waals surface area contributed by atoms with Gasteiger partial charge in [0.2, 0.25) is 0 Å². The Morgan fingerprint density at radius 3 is 2.17 bits per heavy atom. The zero-order valence-corrected chi connectivity index (χ0v) is 27.1. The van der Waals surface area contributed by atoms with Crippen molar-refractivity contribution in [1.82, 2.24) is 10.3 Å². The summed E-state index contributed by atoms with van der Waals surface area (Å²) in [4.78, 5) is 16.4. The Morgan fingerprint density at radius 2 is 1.68 bits per heavy atom. The molecule has 0 bridgehead atoms. The van der Waals surface area contributed by atoms with Crippen LogP contribution in [-0.2, 0) is 10.8 Å². The first kappa shape index (κ1) is 32.0. The molecule has 0 aliphatic rings. The van der Waals surface area contributed by atoms with Crippen LogP contribution in [0.2, 0.25) is 18.1 Å². The van der Waals surface area contributed by atoms with Crippen LogP contribution in [-0.4, -0.2) is 42.7 Å². The Balaban J connectivity index is 1.97. The lowest BCUT2D eigenvalue weighted by Gasteiger charge is -2.44. The summed E-state index contributed by atoms with van der Waals surface area (Å²) in [5, 5.41) is 15.6. The fraction of sp³-hybridized carbons (Fsp3) is 0.500. The first-order chi connectivity index (χ1) is 18.6. The summed E-state index contributed by atoms with van der Waals surface area (Å²) in [6.45, 7) is 17.7. The number of rotatable bonds is 11. The molecule has 4 atom stereocenters. The molecule has 6 nitrogen and oxygen atoms in total. The van der Waals surface area contributed by atoms with Crippen LogP contribution in [0.4, 0.5) is 4.79 Å². The second-order valence-electron chi connectivity index (χ2n) is 13.4. The van der Waals surface area contributed by atoms with Crippen molar-refractivity contribution in [2.75, 3.05) is 0 Å². The standard InChI is InChI=1S/C32H47N3O3SSi/c1-31(2,3)28(23-14-16-24(17-15-23)29-34-18-19-39-29)25(33)21-27(38-40(7,8)32(4,5)6)26(35-30(36)37)20-22-12-10-9-11-13-22/h9-19,25-28,35H,20-21,33H2,1-8H3,(H,36,37)/t25-,26-,27+,28?/m0/s1. The molecule has 1 heterocycles. The maximum atomic E-state index is 12.0. The monoisotopic (exact) mass is 581 g/mol. The lowest BCUT2D eigenvalue weighted by Crippen LogP contribution is -2.54. The van der Waals surface area contributed by atoms with Crippen molar-refractivity contribution in [1.29, 1.82) is 0 Å². The van der Waals surface area contributed by atoms with Gasteiger partial charge in [-0.05, 0) is 47.5 Å². The normalized spacial score (nSPS) is 15.7. The molecule has 4 N–H and O–H groups in total. The van der Waals surface area contributed by atoms with E-state index in [2.05, 4.69) is 89.2 Å². The van der Waals surface area contributed by atoms with E-state index < -0.39 is 20.5 Å². The molecule has 218 valence electrons. The van der Waals surface area contributed by atoms with Crippen LogP contribution in [0.5, 0.6) is 0 Å². The number of aromatic nitrogens is 1. The van der Waals surface area contributed by atoms with Crippen molar-refractivity contribution in [3.05, 3.63) is 77.3 Å². The van der Waals surface area contributed by atoms with Crippen LogP contribution in [0, 0.1) is 5.41 Å². The number of thiazole rings is 1. The van der Waals surface area contributed by atoms with Gasteiger partial charge in [0.05, 0.1) is 12.1 Å². The molecule has 0 saturated carbocycles. The molecule has 1 aromatic heterocycles. The number of nitrogens with one attached hydrogen (secondary N) is 1. The minimum absolute atomic E-state index is 0.0329. The minimum atomic E-state index is -2.26. The molecule has 0 aliphatic heterocycles. The van der Waals surface area contributed by atoms with E-state index in [1.807, 2.05) is 41.9 Å². The molecule has 8 heteroatoms. The lowest BCUT2D eigenvalue weighted by molar-refractivity contribution is 0.103. The Bertz CT molecular complexity index is 1200. The molecule has 3 rings (SSSR count). The third-order valence-corrected chi connectivity index (χ3v) is 13.4. The van der Waals surface area contributed by atoms with E-state index in [9.17, 15) is 9.90 Å². The van der Waals surface area contributed by atoms with Gasteiger partial charge in [0.25, 0.3) is 0 Å². The molecule has 0 spiro atoms. The Hall–Kier alpha value is -2.52. The zero-order chi connectivity index (χ0) is 29.7. The fourth-order valence-electron chi connectivity index (χ4n) is 5.14. The van der Waals surface area contributed by atoms with Crippen molar-refractivity contribution in [2.45, 2.75) is 96.6 Å². The topological polar surface area (TPSA) is 97.5 Å². The van der Waals surface area contributed by atoms with Crippen molar-refractivity contribution in [3.8, 4) is 10.6 Å². The number of hydrogen-bond donors (Lipinski definition) is 3. The van der Waals surface area contributed by atoms with E-state index in [0.717, 1.165) is 21.7 Å². The highest BCUT2D eigenvalue weighted by molar-refractivity contribution is 7.13. The Kier molecular flexibility index (Phi) is 10.4. The molecular formula is C32H47N3O3SSi. The molecule has 0 radical (unpaired) electrons. The number of carbonyl (C=O) groups is 1. The SMILES string of the molecule is CC(C)(C)C(c1ccc(-c2nccs2)cc1)[C@@H](N)C[C@@H](O[Si](C)(C)C(C)(C)C)[C@H](Cc1ccccc1)NC(=O)O. The fourth-order valence-corrected chi connectivity index (χ4v) is 7.16. The van der Waals surface area contributed by atoms with Gasteiger partial charge in [0.1, 0.15) is 5.01 Å². The van der Waals surface area contributed by atoms with Gasteiger partial charge in [-0.25, -0.2) is 9.78 Å². The van der Waals surface area contributed by atoms with Crippen LogP contribution in [0.3, 0.4) is 0 Å². The maximum Gasteiger partial charge on any atom is 0.404 e. The number of hydrogen-bond acceptors (Lipinski definition) is 5. The predicted octanol–water partition coefficient (Wildman–Crippen LogP) is 7.93. The quantitative estimate of drug-likeness (QED) is 0.200. The van der Waals surface area contributed by atoms with Crippen LogP contribution in [0.25, 0.3) is 10.6 Å². The Morgan fingerprint density at radius 1 is 1.05 bits per heavy atom. The van der Waals surface area contributed by atoms with Crippen LogP contribution < -0.4 is 11.1 Å². The van der Waals surface area contributed by atoms with Crippen LogP contribution in [0.1, 0.15) is 65.0 Å². The molecule has 0 fully saturated rings. The van der Waals surface area contributed by atoms with Gasteiger partial charge in [0.15, 0.2) is 8.32 Å². The van der Waals surface area contributed by atoms with E-state index in [1.165, 1.54) is 0 Å². The molecule has 40 heavy (non-hydrogen) atoms. The molecule has 3 aromatic rings. The summed E-state index contributed by atoms with van der Waals surface area (Å²) in [5.41, 5.74) is 10.3. The largest absolute Gasteiger partial charge is 0.465 e. The van der Waals surface area contributed by atoms with E-state index in [0.29, 0.717) is 12.8 Å². The van der Waals surface area contributed by atoms with E-state index >= 15 is 0 Å². The Labute approximate surface area is 245 Å². The molecule has 1 amide bonds. The van der Waals surface area contributed by atoms with Gasteiger partial charge in [-0.15, -0.1) is 11.3 Å². The highest BCUT2D eigenvalue weighted by Crippen LogP contribution is 2.42. The van der Waals surface area contributed by atoms with Crippen molar-refractivity contribution >= 4 is 25.7 Å². The van der Waals surface area contributed by atoms with Gasteiger partial charge in [0, 0.05) is 29.1 Å². The predicted molar refractivity (Wildman–Crippen MR) is 170 cm³/mol. The summed E-state index contributed by atoms with van der Waals surface area (Å²) in [6, 6.07) is 17.9. The van der Waals surface area contributed by atoms with Crippen molar-refractivity contribution < 1.29 is 14.3 Å². The average Bonchev–Trinajstić information content (AvgIpc) is 3.37. The first-order valence-electron chi connectivity index (χ1n) is 14.0. The number of benzene rings is 2. The summed E-state index contributed by atoms with van der Waals surface area (Å²) >= 11 is 1.62. The van der Waals surface area contributed by atoms with Crippen molar-refractivity contribution in [3.63, 3.8) is 0 Å². The summed E-state index contributed by atoms with van der Waals surface area (Å²) in [7, 11) is -2.26. The van der Waals surface area contributed by atoms with E-state index in [1.54, 1.807) is 11.3 Å². The third kappa shape index (κ3) is 8.49. The zero-order valence-electron chi connectivity index (χ0n) is 25.3. The minimum Gasteiger partial charge on any atom is -0.465 e. The van der Waals surface area contributed by atoms with Crippen molar-refractivity contribution in [2.24, 2.45) is 11.1 Å². The smallest absolute Gasteiger partial charge is 0.404 e. The van der Waals surface area contributed by atoms with Gasteiger partial charge >= 0.3 is 6.09 Å². The van der Waals surface area contributed by atoms with Crippen LogP contribution >= 0.6 is 11.3 Å². The second-order valence-corrected chi connectivity index (χ2v) is 19.0. The number of nitrogens with zero attached hydrogens (tertiary/aromatic N) is 1. The van der Waals surface area contributed by atoms with Gasteiger partial charge in [-0.1, -0.05) is 96.1 Å². The second kappa shape index (κ2) is 13.0. The molecular weight excluding hydrogens is 535 g/mol. The lowest BCUT2D eigenvalue weighted by atomic mass is 9.71. The first-order valence-corrected chi connectivity index (χ1v) is 17.8. The van der Waals surface area contributed by atoms with Gasteiger partial charge < -0.3 is 20.6 Å². The van der Waals surface area contributed by atoms with E-state index in [-0.39, 0.29) is 28.5 Å². The molecule has 2 aromatic carbocycles. The summed E-state index contributed by atoms with van der Waals surface area (Å²) < 4.78 is 7.00. The third-order valence-electron chi connectivity index (χ3n) is 8.12. The van der Waals surface area contributed by atoms with E-state index in [4.69, 9.17) is 10.2 Å². The molecule has 1 unspecified atom stereocenters. The molecule has 0 aliphatic carbocycles.